The van der Waals surface area contributed by atoms with E-state index >= 15 is 0 Å². The van der Waals surface area contributed by atoms with E-state index in [1.807, 2.05) is 6.07 Å². The van der Waals surface area contributed by atoms with Crippen molar-refractivity contribution >= 4 is 17.8 Å². The van der Waals surface area contributed by atoms with Gasteiger partial charge < -0.3 is 14.6 Å². The van der Waals surface area contributed by atoms with Gasteiger partial charge in [-0.3, -0.25) is 14.5 Å². The van der Waals surface area contributed by atoms with E-state index < -0.39 is 23.4 Å². The van der Waals surface area contributed by atoms with E-state index in [9.17, 15) is 14.4 Å². The Labute approximate surface area is 156 Å². The quantitative estimate of drug-likeness (QED) is 0.809. The highest BCUT2D eigenvalue weighted by atomic mass is 16.3. The summed E-state index contributed by atoms with van der Waals surface area (Å²) in [7, 11) is 1.57. The number of hydrogen-bond acceptors (Lipinski definition) is 5. The van der Waals surface area contributed by atoms with E-state index in [1.54, 1.807) is 50.4 Å². The number of nitriles is 1. The van der Waals surface area contributed by atoms with Crippen molar-refractivity contribution in [2.24, 2.45) is 0 Å². The Kier molecular flexibility index (Phi) is 4.69. The van der Waals surface area contributed by atoms with Crippen molar-refractivity contribution in [1.29, 1.82) is 5.26 Å². The van der Waals surface area contributed by atoms with Gasteiger partial charge in [0, 0.05) is 7.05 Å². The van der Waals surface area contributed by atoms with Crippen LogP contribution in [0.15, 0.2) is 47.1 Å². The molecule has 0 saturated carbocycles. The van der Waals surface area contributed by atoms with Crippen molar-refractivity contribution in [3.8, 4) is 6.07 Å². The molecule has 2 aromatic rings. The Bertz CT molecular complexity index is 931. The Hall–Kier alpha value is -3.60. The van der Waals surface area contributed by atoms with Gasteiger partial charge in [-0.15, -0.1) is 0 Å². The topological polar surface area (TPSA) is 107 Å². The van der Waals surface area contributed by atoms with Gasteiger partial charge in [0.1, 0.15) is 17.8 Å². The zero-order chi connectivity index (χ0) is 19.6. The Morgan fingerprint density at radius 2 is 2.11 bits per heavy atom. The Morgan fingerprint density at radius 3 is 2.78 bits per heavy atom. The number of carbonyl (C=O) groups is 3. The van der Waals surface area contributed by atoms with Crippen LogP contribution in [0.2, 0.25) is 0 Å². The molecule has 8 heteroatoms. The molecule has 0 unspecified atom stereocenters. The fourth-order valence-electron chi connectivity index (χ4n) is 2.92. The number of imide groups is 1. The molecule has 8 nitrogen and oxygen atoms in total. The number of rotatable bonds is 5. The van der Waals surface area contributed by atoms with Crippen molar-refractivity contribution in [2.45, 2.75) is 19.0 Å². The zero-order valence-electron chi connectivity index (χ0n) is 14.9. The summed E-state index contributed by atoms with van der Waals surface area (Å²) in [5.74, 6) is -0.339. The van der Waals surface area contributed by atoms with Crippen LogP contribution in [-0.2, 0) is 21.7 Å². The summed E-state index contributed by atoms with van der Waals surface area (Å²) in [6.45, 7) is 1.41. The van der Waals surface area contributed by atoms with E-state index in [2.05, 4.69) is 5.32 Å². The third-order valence-corrected chi connectivity index (χ3v) is 4.54. The molecule has 1 aliphatic rings. The number of carbonyl (C=O) groups excluding carboxylic acids is 3. The number of benzene rings is 1. The number of likely N-dealkylation sites (N-methyl/N-ethyl adjacent to an activating group) is 1. The maximum Gasteiger partial charge on any atom is 0.325 e. The molecule has 138 valence electrons. The molecule has 1 atom stereocenters. The number of furan rings is 1. The molecule has 27 heavy (non-hydrogen) atoms. The zero-order valence-corrected chi connectivity index (χ0v) is 14.9. The third kappa shape index (κ3) is 3.40. The summed E-state index contributed by atoms with van der Waals surface area (Å²) in [5.41, 5.74) is -0.466. The molecule has 1 aliphatic heterocycles. The number of amides is 4. The molecule has 0 aliphatic carbocycles. The SMILES string of the molecule is CN(Cc1ccco1)C(=O)CN1C(=O)N[C@](C)(c2cccc(C#N)c2)C1=O. The van der Waals surface area contributed by atoms with E-state index in [4.69, 9.17) is 9.68 Å². The van der Waals surface area contributed by atoms with Gasteiger partial charge in [-0.05, 0) is 36.8 Å². The van der Waals surface area contributed by atoms with Gasteiger partial charge in [0.25, 0.3) is 5.91 Å². The first-order valence-electron chi connectivity index (χ1n) is 8.26. The fraction of sp³-hybridized carbons (Fsp3) is 0.263. The van der Waals surface area contributed by atoms with Crippen LogP contribution in [0.5, 0.6) is 0 Å². The number of urea groups is 1. The van der Waals surface area contributed by atoms with Gasteiger partial charge in [-0.1, -0.05) is 12.1 Å². The van der Waals surface area contributed by atoms with Gasteiger partial charge in [0.05, 0.1) is 24.4 Å². The van der Waals surface area contributed by atoms with Gasteiger partial charge >= 0.3 is 6.03 Å². The lowest BCUT2D eigenvalue weighted by Crippen LogP contribution is -2.43. The van der Waals surface area contributed by atoms with Crippen LogP contribution in [0.25, 0.3) is 0 Å². The maximum absolute atomic E-state index is 12.9. The summed E-state index contributed by atoms with van der Waals surface area (Å²) in [4.78, 5) is 39.9. The van der Waals surface area contributed by atoms with Crippen molar-refractivity contribution in [3.63, 3.8) is 0 Å². The highest BCUT2D eigenvalue weighted by Crippen LogP contribution is 2.29. The van der Waals surface area contributed by atoms with E-state index in [-0.39, 0.29) is 13.1 Å². The first kappa shape index (κ1) is 18.2. The number of nitrogens with zero attached hydrogens (tertiary/aromatic N) is 3. The molecule has 1 fully saturated rings. The number of nitrogens with one attached hydrogen (secondary N) is 1. The van der Waals surface area contributed by atoms with E-state index in [1.165, 1.54) is 11.2 Å². The summed E-state index contributed by atoms with van der Waals surface area (Å²) in [6.07, 6.45) is 1.51. The van der Waals surface area contributed by atoms with Crippen LogP contribution in [0.4, 0.5) is 4.79 Å². The van der Waals surface area contributed by atoms with Gasteiger partial charge in [-0.25, -0.2) is 4.79 Å². The Balaban J connectivity index is 1.75. The predicted molar refractivity (Wildman–Crippen MR) is 93.9 cm³/mol. The van der Waals surface area contributed by atoms with Crippen LogP contribution in [-0.4, -0.2) is 41.2 Å². The summed E-state index contributed by atoms with van der Waals surface area (Å²) in [5, 5.41) is 11.7. The van der Waals surface area contributed by atoms with Gasteiger partial charge in [-0.2, -0.15) is 5.26 Å². The van der Waals surface area contributed by atoms with Crippen molar-refractivity contribution in [3.05, 3.63) is 59.5 Å². The summed E-state index contributed by atoms with van der Waals surface area (Å²) in [6, 6.07) is 11.3. The third-order valence-electron chi connectivity index (χ3n) is 4.54. The lowest BCUT2D eigenvalue weighted by molar-refractivity contribution is -0.138. The highest BCUT2D eigenvalue weighted by Gasteiger charge is 2.49. The average molecular weight is 366 g/mol. The molecular formula is C19H18N4O4. The second-order valence-corrected chi connectivity index (χ2v) is 6.47. The first-order chi connectivity index (χ1) is 12.8. The molecule has 1 aromatic carbocycles. The molecule has 1 saturated heterocycles. The second-order valence-electron chi connectivity index (χ2n) is 6.47. The Morgan fingerprint density at radius 1 is 1.33 bits per heavy atom. The molecule has 1 N–H and O–H groups in total. The molecule has 0 bridgehead atoms. The standard InChI is InChI=1S/C19H18N4O4/c1-19(14-6-3-5-13(9-14)10-20)17(25)23(18(26)21-19)12-16(24)22(2)11-15-7-4-8-27-15/h3-9H,11-12H2,1-2H3,(H,21,26)/t19-/m1/s1. The minimum Gasteiger partial charge on any atom is -0.467 e. The van der Waals surface area contributed by atoms with Gasteiger partial charge in [0.15, 0.2) is 0 Å². The minimum atomic E-state index is -1.33. The predicted octanol–water partition coefficient (Wildman–Crippen LogP) is 1.58. The molecular weight excluding hydrogens is 348 g/mol. The summed E-state index contributed by atoms with van der Waals surface area (Å²) < 4.78 is 5.20. The van der Waals surface area contributed by atoms with E-state index in [0.717, 1.165) is 4.90 Å². The lowest BCUT2D eigenvalue weighted by Gasteiger charge is -2.23. The molecule has 3 rings (SSSR count). The highest BCUT2D eigenvalue weighted by molar-refractivity contribution is 6.09. The second kappa shape index (κ2) is 6.96. The average Bonchev–Trinajstić information content (AvgIpc) is 3.24. The smallest absolute Gasteiger partial charge is 0.325 e. The van der Waals surface area contributed by atoms with Crippen LogP contribution < -0.4 is 5.32 Å². The van der Waals surface area contributed by atoms with Crippen LogP contribution in [0, 0.1) is 11.3 Å². The largest absolute Gasteiger partial charge is 0.467 e. The van der Waals surface area contributed by atoms with Gasteiger partial charge in [0.2, 0.25) is 5.91 Å². The lowest BCUT2D eigenvalue weighted by atomic mass is 9.91. The van der Waals surface area contributed by atoms with Crippen LogP contribution >= 0.6 is 0 Å². The molecule has 0 radical (unpaired) electrons. The number of hydrogen-bond donors (Lipinski definition) is 1. The first-order valence-corrected chi connectivity index (χ1v) is 8.26. The molecule has 1 aromatic heterocycles. The van der Waals surface area contributed by atoms with Crippen molar-refractivity contribution < 1.29 is 18.8 Å². The summed E-state index contributed by atoms with van der Waals surface area (Å²) >= 11 is 0. The molecule has 0 spiro atoms. The van der Waals surface area contributed by atoms with Crippen LogP contribution in [0.1, 0.15) is 23.8 Å². The maximum atomic E-state index is 12.9. The van der Waals surface area contributed by atoms with E-state index in [0.29, 0.717) is 16.9 Å². The monoisotopic (exact) mass is 366 g/mol. The van der Waals surface area contributed by atoms with Crippen molar-refractivity contribution in [2.75, 3.05) is 13.6 Å². The van der Waals surface area contributed by atoms with Crippen LogP contribution in [0.3, 0.4) is 0 Å². The minimum absolute atomic E-state index is 0.233. The normalized spacial score (nSPS) is 18.9. The fourth-order valence-corrected chi connectivity index (χ4v) is 2.92. The molecule has 4 amide bonds. The van der Waals surface area contributed by atoms with Crippen molar-refractivity contribution in [1.82, 2.24) is 15.1 Å². The molecule has 2 heterocycles.